The van der Waals surface area contributed by atoms with Crippen molar-refractivity contribution in [3.05, 3.63) is 35.9 Å². The van der Waals surface area contributed by atoms with Crippen molar-refractivity contribution in [2.24, 2.45) is 11.8 Å². The van der Waals surface area contributed by atoms with Crippen LogP contribution >= 0.6 is 0 Å². The van der Waals surface area contributed by atoms with Crippen LogP contribution in [0.15, 0.2) is 30.3 Å². The molecule has 100 valence electrons. The Morgan fingerprint density at radius 2 is 1.68 bits per heavy atom. The van der Waals surface area contributed by atoms with Gasteiger partial charge in [-0.2, -0.15) is 0 Å². The highest BCUT2D eigenvalue weighted by atomic mass is 16.2. The van der Waals surface area contributed by atoms with Gasteiger partial charge in [0.2, 0.25) is 5.91 Å². The van der Waals surface area contributed by atoms with E-state index in [1.165, 1.54) is 25.7 Å². The number of benzene rings is 1. The maximum Gasteiger partial charge on any atom is 0.245 e. The Hall–Kier alpha value is -1.35. The molecule has 3 nitrogen and oxygen atoms in total. The van der Waals surface area contributed by atoms with E-state index >= 15 is 0 Å². The maximum absolute atomic E-state index is 12.7. The highest BCUT2D eigenvalue weighted by molar-refractivity contribution is 5.85. The normalized spacial score (nSPS) is 27.3. The Morgan fingerprint density at radius 3 is 2.26 bits per heavy atom. The maximum atomic E-state index is 12.7. The van der Waals surface area contributed by atoms with E-state index in [2.05, 4.69) is 10.2 Å². The Morgan fingerprint density at radius 1 is 1.05 bits per heavy atom. The van der Waals surface area contributed by atoms with Gasteiger partial charge in [0.25, 0.3) is 0 Å². The van der Waals surface area contributed by atoms with E-state index < -0.39 is 0 Å². The lowest BCUT2D eigenvalue weighted by Gasteiger charge is -2.27. The largest absolute Gasteiger partial charge is 0.325 e. The number of nitrogens with zero attached hydrogens (tertiary/aromatic N) is 1. The van der Waals surface area contributed by atoms with Crippen LogP contribution in [0.25, 0.3) is 0 Å². The van der Waals surface area contributed by atoms with Crippen molar-refractivity contribution >= 4 is 5.91 Å². The minimum Gasteiger partial charge on any atom is -0.325 e. The molecule has 1 atom stereocenters. The van der Waals surface area contributed by atoms with Gasteiger partial charge in [-0.25, -0.2) is 0 Å². The van der Waals surface area contributed by atoms with Gasteiger partial charge in [-0.3, -0.25) is 10.1 Å². The molecule has 0 radical (unpaired) electrons. The first-order valence-corrected chi connectivity index (χ1v) is 7.43. The summed E-state index contributed by atoms with van der Waals surface area (Å²) in [6.45, 7) is 0.732. The van der Waals surface area contributed by atoms with Crippen LogP contribution in [0, 0.1) is 11.8 Å². The minimum absolute atomic E-state index is 0.124. The van der Waals surface area contributed by atoms with Crippen LogP contribution in [-0.2, 0) is 4.79 Å². The average molecular weight is 256 g/mol. The van der Waals surface area contributed by atoms with Crippen molar-refractivity contribution in [2.45, 2.75) is 37.8 Å². The molecule has 3 fully saturated rings. The first-order chi connectivity index (χ1) is 9.34. The lowest BCUT2D eigenvalue weighted by Crippen LogP contribution is -2.40. The van der Waals surface area contributed by atoms with Crippen LogP contribution in [-0.4, -0.2) is 23.5 Å². The van der Waals surface area contributed by atoms with Crippen molar-refractivity contribution < 1.29 is 4.79 Å². The van der Waals surface area contributed by atoms with E-state index in [1.807, 2.05) is 30.3 Å². The lowest BCUT2D eigenvalue weighted by molar-refractivity contribution is -0.131. The number of hydrogen-bond acceptors (Lipinski definition) is 2. The summed E-state index contributed by atoms with van der Waals surface area (Å²) in [5.74, 6) is 1.86. The van der Waals surface area contributed by atoms with Crippen molar-refractivity contribution in [3.63, 3.8) is 0 Å². The Bertz CT molecular complexity index is 467. The summed E-state index contributed by atoms with van der Waals surface area (Å²) in [6, 6.07) is 10.5. The summed E-state index contributed by atoms with van der Waals surface area (Å²) in [5.41, 5.74) is 1.10. The van der Waals surface area contributed by atoms with Gasteiger partial charge in [-0.05, 0) is 43.1 Å². The molecule has 0 aromatic heterocycles. The Balaban J connectivity index is 1.55. The third-order valence-corrected chi connectivity index (χ3v) is 4.70. The number of nitrogens with one attached hydrogen (secondary N) is 1. The summed E-state index contributed by atoms with van der Waals surface area (Å²) in [6.07, 6.45) is 5.28. The van der Waals surface area contributed by atoms with Gasteiger partial charge >= 0.3 is 0 Å². The molecule has 1 saturated heterocycles. The molecule has 1 amide bonds. The topological polar surface area (TPSA) is 32.3 Å². The molecule has 3 heteroatoms. The second-order valence-corrected chi connectivity index (χ2v) is 6.18. The molecule has 19 heavy (non-hydrogen) atoms. The molecular weight excluding hydrogens is 236 g/mol. The summed E-state index contributed by atoms with van der Waals surface area (Å²) >= 11 is 0. The number of hydrogen-bond donors (Lipinski definition) is 1. The number of carbonyl (C=O) groups is 1. The number of carbonyl (C=O) groups excluding carboxylic acids is 1. The average Bonchev–Trinajstić information content (AvgIpc) is 3.33. The molecule has 1 heterocycles. The molecule has 0 spiro atoms. The molecule has 1 aliphatic heterocycles. The smallest absolute Gasteiger partial charge is 0.245 e. The van der Waals surface area contributed by atoms with Crippen LogP contribution < -0.4 is 5.32 Å². The SMILES string of the molecule is O=C1C(c2ccccc2)NCN1C(C1CC1)C1CC1. The van der Waals surface area contributed by atoms with Gasteiger partial charge < -0.3 is 4.90 Å². The van der Waals surface area contributed by atoms with Crippen molar-refractivity contribution in [1.29, 1.82) is 0 Å². The van der Waals surface area contributed by atoms with Crippen molar-refractivity contribution in [1.82, 2.24) is 10.2 Å². The molecule has 1 unspecified atom stereocenters. The fourth-order valence-corrected chi connectivity index (χ4v) is 3.45. The fourth-order valence-electron chi connectivity index (χ4n) is 3.45. The molecule has 1 N–H and O–H groups in total. The van der Waals surface area contributed by atoms with Gasteiger partial charge in [0, 0.05) is 6.04 Å². The van der Waals surface area contributed by atoms with Crippen molar-refractivity contribution in [2.75, 3.05) is 6.67 Å². The highest BCUT2D eigenvalue weighted by Crippen LogP contribution is 2.48. The summed E-state index contributed by atoms with van der Waals surface area (Å²) < 4.78 is 0. The predicted octanol–water partition coefficient (Wildman–Crippen LogP) is 2.31. The van der Waals surface area contributed by atoms with Gasteiger partial charge in [0.05, 0.1) is 6.67 Å². The van der Waals surface area contributed by atoms with Crippen molar-refractivity contribution in [3.8, 4) is 0 Å². The van der Waals surface area contributed by atoms with Crippen LogP contribution in [0.1, 0.15) is 37.3 Å². The van der Waals surface area contributed by atoms with Gasteiger partial charge in [-0.15, -0.1) is 0 Å². The molecule has 0 bridgehead atoms. The minimum atomic E-state index is -0.124. The zero-order chi connectivity index (χ0) is 12.8. The Labute approximate surface area is 114 Å². The molecule has 2 aliphatic carbocycles. The molecule has 1 aromatic rings. The monoisotopic (exact) mass is 256 g/mol. The predicted molar refractivity (Wildman–Crippen MR) is 73.3 cm³/mol. The fraction of sp³-hybridized carbons (Fsp3) is 0.562. The third kappa shape index (κ3) is 2.06. The quantitative estimate of drug-likeness (QED) is 0.896. The summed E-state index contributed by atoms with van der Waals surface area (Å²) in [4.78, 5) is 14.8. The highest BCUT2D eigenvalue weighted by Gasteiger charge is 2.49. The van der Waals surface area contributed by atoms with Crippen LogP contribution in [0.5, 0.6) is 0 Å². The zero-order valence-corrected chi connectivity index (χ0v) is 11.1. The van der Waals surface area contributed by atoms with Crippen LogP contribution in [0.2, 0.25) is 0 Å². The molecule has 1 aromatic carbocycles. The second kappa shape index (κ2) is 4.34. The first kappa shape index (κ1) is 11.5. The molecule has 3 aliphatic rings. The summed E-state index contributed by atoms with van der Waals surface area (Å²) in [5, 5.41) is 3.39. The summed E-state index contributed by atoms with van der Waals surface area (Å²) in [7, 11) is 0. The Kier molecular flexibility index (Phi) is 2.62. The molecule has 2 saturated carbocycles. The van der Waals surface area contributed by atoms with Crippen LogP contribution in [0.4, 0.5) is 0 Å². The van der Waals surface area contributed by atoms with Crippen LogP contribution in [0.3, 0.4) is 0 Å². The van der Waals surface area contributed by atoms with Gasteiger partial charge in [0.1, 0.15) is 6.04 Å². The number of rotatable bonds is 4. The lowest BCUT2D eigenvalue weighted by atomic mass is 10.0. The van der Waals surface area contributed by atoms with E-state index in [9.17, 15) is 4.79 Å². The van der Waals surface area contributed by atoms with E-state index in [0.717, 1.165) is 24.1 Å². The first-order valence-electron chi connectivity index (χ1n) is 7.43. The second-order valence-electron chi connectivity index (χ2n) is 6.18. The van der Waals surface area contributed by atoms with Gasteiger partial charge in [-0.1, -0.05) is 30.3 Å². The van der Waals surface area contributed by atoms with E-state index in [0.29, 0.717) is 6.04 Å². The standard InChI is InChI=1S/C16H20N2O/c19-16-14(11-4-2-1-3-5-11)17-10-18(16)15(12-6-7-12)13-8-9-13/h1-5,12-15,17H,6-10H2. The molecule has 4 rings (SSSR count). The van der Waals surface area contributed by atoms with E-state index in [4.69, 9.17) is 0 Å². The number of amides is 1. The van der Waals surface area contributed by atoms with Gasteiger partial charge in [0.15, 0.2) is 0 Å². The molecular formula is C16H20N2O. The van der Waals surface area contributed by atoms with E-state index in [1.54, 1.807) is 0 Å². The zero-order valence-electron chi connectivity index (χ0n) is 11.1. The third-order valence-electron chi connectivity index (χ3n) is 4.70. The van der Waals surface area contributed by atoms with E-state index in [-0.39, 0.29) is 11.9 Å².